The number of hydrogen-bond donors (Lipinski definition) is 0. The van der Waals surface area contributed by atoms with E-state index in [2.05, 4.69) is 0 Å². The Hall–Kier alpha value is -2.67. The first-order chi connectivity index (χ1) is 11.3. The standard InChI is InChI=1S/C16H14ClFN2O4/c1-19(9-10-3-6-15(24-2)14(18)7-10)16(21)12-5-4-11(20(22)23)8-13(12)17/h3-8H,9H2,1-2H3. The molecule has 0 radical (unpaired) electrons. The summed E-state index contributed by atoms with van der Waals surface area (Å²) in [5.41, 5.74) is 0.511. The minimum Gasteiger partial charge on any atom is -0.494 e. The Kier molecular flexibility index (Phi) is 5.35. The van der Waals surface area contributed by atoms with Crippen molar-refractivity contribution in [1.82, 2.24) is 4.90 Å². The summed E-state index contributed by atoms with van der Waals surface area (Å²) in [6.07, 6.45) is 0. The number of hydrogen-bond acceptors (Lipinski definition) is 4. The summed E-state index contributed by atoms with van der Waals surface area (Å²) in [6, 6.07) is 8.02. The van der Waals surface area contributed by atoms with Crippen LogP contribution in [0.4, 0.5) is 10.1 Å². The van der Waals surface area contributed by atoms with Gasteiger partial charge in [-0.2, -0.15) is 0 Å². The number of benzene rings is 2. The lowest BCUT2D eigenvalue weighted by atomic mass is 10.1. The van der Waals surface area contributed by atoms with Gasteiger partial charge in [0.05, 0.1) is 22.6 Å². The van der Waals surface area contributed by atoms with Gasteiger partial charge in [-0.05, 0) is 23.8 Å². The normalized spacial score (nSPS) is 10.3. The molecule has 0 N–H and O–H groups in total. The molecule has 0 bridgehead atoms. The number of halogens is 2. The molecule has 24 heavy (non-hydrogen) atoms. The first kappa shape index (κ1) is 17.7. The third kappa shape index (κ3) is 3.80. The van der Waals surface area contributed by atoms with E-state index in [4.69, 9.17) is 16.3 Å². The molecule has 0 saturated heterocycles. The Morgan fingerprint density at radius 3 is 2.58 bits per heavy atom. The molecular formula is C16H14ClFN2O4. The first-order valence-corrected chi connectivity index (χ1v) is 7.23. The molecule has 0 aliphatic carbocycles. The number of carbonyl (C=O) groups is 1. The zero-order chi connectivity index (χ0) is 17.9. The second-order valence-corrected chi connectivity index (χ2v) is 5.46. The van der Waals surface area contributed by atoms with Crippen molar-refractivity contribution in [2.45, 2.75) is 6.54 Å². The number of rotatable bonds is 5. The highest BCUT2D eigenvalue weighted by molar-refractivity contribution is 6.34. The number of ether oxygens (including phenoxy) is 1. The van der Waals surface area contributed by atoms with Crippen molar-refractivity contribution in [2.24, 2.45) is 0 Å². The van der Waals surface area contributed by atoms with Crippen LogP contribution in [0.1, 0.15) is 15.9 Å². The Morgan fingerprint density at radius 2 is 2.04 bits per heavy atom. The Balaban J connectivity index is 2.18. The second-order valence-electron chi connectivity index (χ2n) is 5.05. The molecule has 0 aliphatic heterocycles. The molecule has 2 rings (SSSR count). The predicted octanol–water partition coefficient (Wildman–Crippen LogP) is 3.67. The van der Waals surface area contributed by atoms with Crippen LogP contribution in [0.5, 0.6) is 5.75 Å². The summed E-state index contributed by atoms with van der Waals surface area (Å²) in [7, 11) is 2.90. The quantitative estimate of drug-likeness (QED) is 0.608. The molecule has 0 unspecified atom stereocenters. The van der Waals surface area contributed by atoms with Crippen LogP contribution in [0, 0.1) is 15.9 Å². The van der Waals surface area contributed by atoms with Crippen LogP contribution < -0.4 is 4.74 Å². The summed E-state index contributed by atoms with van der Waals surface area (Å²) >= 11 is 5.95. The van der Waals surface area contributed by atoms with Gasteiger partial charge in [0.2, 0.25) is 0 Å². The fourth-order valence-electron chi connectivity index (χ4n) is 2.15. The van der Waals surface area contributed by atoms with Gasteiger partial charge < -0.3 is 9.64 Å². The van der Waals surface area contributed by atoms with Crippen molar-refractivity contribution in [2.75, 3.05) is 14.2 Å². The fraction of sp³-hybridized carbons (Fsp3) is 0.188. The molecule has 0 saturated carbocycles. The van der Waals surface area contributed by atoms with E-state index in [0.29, 0.717) is 5.56 Å². The minimum absolute atomic E-state index is 0.0121. The van der Waals surface area contributed by atoms with Crippen molar-refractivity contribution in [3.8, 4) is 5.75 Å². The maximum Gasteiger partial charge on any atom is 0.270 e. The maximum atomic E-state index is 13.7. The van der Waals surface area contributed by atoms with Gasteiger partial charge in [0.25, 0.3) is 11.6 Å². The molecule has 6 nitrogen and oxygen atoms in total. The van der Waals surface area contributed by atoms with Gasteiger partial charge in [0.1, 0.15) is 0 Å². The van der Waals surface area contributed by atoms with E-state index in [1.54, 1.807) is 6.07 Å². The minimum atomic E-state index is -0.593. The van der Waals surface area contributed by atoms with E-state index in [9.17, 15) is 19.3 Å². The first-order valence-electron chi connectivity index (χ1n) is 6.85. The lowest BCUT2D eigenvalue weighted by Crippen LogP contribution is -2.26. The molecule has 8 heteroatoms. The molecule has 0 aliphatic rings. The molecule has 126 valence electrons. The summed E-state index contributed by atoms with van der Waals surface area (Å²) in [4.78, 5) is 23.9. The zero-order valence-electron chi connectivity index (χ0n) is 13.0. The van der Waals surface area contributed by atoms with Crippen LogP contribution in [-0.2, 0) is 6.54 Å². The van der Waals surface area contributed by atoms with Gasteiger partial charge in [-0.3, -0.25) is 14.9 Å². The van der Waals surface area contributed by atoms with E-state index in [-0.39, 0.29) is 28.6 Å². The molecule has 2 aromatic carbocycles. The van der Waals surface area contributed by atoms with Crippen LogP contribution in [-0.4, -0.2) is 29.9 Å². The van der Waals surface area contributed by atoms with E-state index >= 15 is 0 Å². The van der Waals surface area contributed by atoms with Crippen LogP contribution in [0.2, 0.25) is 5.02 Å². The molecule has 2 aromatic rings. The molecule has 0 heterocycles. The molecule has 0 fully saturated rings. The van der Waals surface area contributed by atoms with Crippen LogP contribution in [0.3, 0.4) is 0 Å². The average Bonchev–Trinajstić information content (AvgIpc) is 2.54. The largest absolute Gasteiger partial charge is 0.494 e. The third-order valence-electron chi connectivity index (χ3n) is 3.38. The topological polar surface area (TPSA) is 72.7 Å². The molecule has 0 aromatic heterocycles. The number of methoxy groups -OCH3 is 1. The summed E-state index contributed by atoms with van der Waals surface area (Å²) in [5.74, 6) is -0.832. The van der Waals surface area contributed by atoms with E-state index < -0.39 is 16.6 Å². The van der Waals surface area contributed by atoms with Crippen LogP contribution >= 0.6 is 11.6 Å². The van der Waals surface area contributed by atoms with Crippen molar-refractivity contribution in [1.29, 1.82) is 0 Å². The highest BCUT2D eigenvalue weighted by Crippen LogP contribution is 2.24. The van der Waals surface area contributed by atoms with Gasteiger partial charge >= 0.3 is 0 Å². The average molecular weight is 353 g/mol. The molecule has 1 amide bonds. The van der Waals surface area contributed by atoms with Crippen LogP contribution in [0.15, 0.2) is 36.4 Å². The van der Waals surface area contributed by atoms with E-state index in [0.717, 1.165) is 6.07 Å². The van der Waals surface area contributed by atoms with Crippen molar-refractivity contribution in [3.05, 3.63) is 68.5 Å². The van der Waals surface area contributed by atoms with Crippen molar-refractivity contribution in [3.63, 3.8) is 0 Å². The van der Waals surface area contributed by atoms with Crippen molar-refractivity contribution < 1.29 is 18.8 Å². The maximum absolute atomic E-state index is 13.7. The smallest absolute Gasteiger partial charge is 0.270 e. The number of carbonyl (C=O) groups excluding carboxylic acids is 1. The predicted molar refractivity (Wildman–Crippen MR) is 86.9 cm³/mol. The van der Waals surface area contributed by atoms with Gasteiger partial charge in [0.15, 0.2) is 11.6 Å². The van der Waals surface area contributed by atoms with E-state index in [1.165, 1.54) is 43.3 Å². The van der Waals surface area contributed by atoms with Gasteiger partial charge in [-0.15, -0.1) is 0 Å². The monoisotopic (exact) mass is 352 g/mol. The van der Waals surface area contributed by atoms with Gasteiger partial charge in [0, 0.05) is 25.7 Å². The van der Waals surface area contributed by atoms with Gasteiger partial charge in [-0.1, -0.05) is 17.7 Å². The fourth-order valence-corrected chi connectivity index (χ4v) is 2.41. The number of nitro groups is 1. The Morgan fingerprint density at radius 1 is 1.33 bits per heavy atom. The second kappa shape index (κ2) is 7.27. The Labute approximate surface area is 142 Å². The number of nitrogens with zero attached hydrogens (tertiary/aromatic N) is 2. The highest BCUT2D eigenvalue weighted by atomic mass is 35.5. The Bertz CT molecular complexity index is 798. The van der Waals surface area contributed by atoms with Crippen molar-refractivity contribution >= 4 is 23.2 Å². The summed E-state index contributed by atoms with van der Waals surface area (Å²) < 4.78 is 18.5. The molecular weight excluding hydrogens is 339 g/mol. The zero-order valence-corrected chi connectivity index (χ0v) is 13.7. The summed E-state index contributed by atoms with van der Waals surface area (Å²) in [6.45, 7) is 0.146. The lowest BCUT2D eigenvalue weighted by molar-refractivity contribution is -0.384. The SMILES string of the molecule is COc1ccc(CN(C)C(=O)c2ccc([N+](=O)[O-])cc2Cl)cc1F. The highest BCUT2D eigenvalue weighted by Gasteiger charge is 2.18. The lowest BCUT2D eigenvalue weighted by Gasteiger charge is -2.18. The number of non-ortho nitro benzene ring substituents is 1. The number of amides is 1. The summed E-state index contributed by atoms with van der Waals surface area (Å²) in [5, 5.41) is 10.7. The molecule has 0 spiro atoms. The molecule has 0 atom stereocenters. The van der Waals surface area contributed by atoms with E-state index in [1.807, 2.05) is 0 Å². The van der Waals surface area contributed by atoms with Crippen LogP contribution in [0.25, 0.3) is 0 Å². The third-order valence-corrected chi connectivity index (χ3v) is 3.69. The van der Waals surface area contributed by atoms with Gasteiger partial charge in [-0.25, -0.2) is 4.39 Å². The number of nitro benzene ring substituents is 1.